The van der Waals surface area contributed by atoms with Crippen molar-refractivity contribution in [3.8, 4) is 0 Å². The number of nitrogens with one attached hydrogen (secondary N) is 1. The zero-order valence-corrected chi connectivity index (χ0v) is 10.2. The van der Waals surface area contributed by atoms with E-state index in [1.165, 1.54) is 0 Å². The van der Waals surface area contributed by atoms with Crippen molar-refractivity contribution in [2.75, 3.05) is 31.0 Å². The third-order valence-electron chi connectivity index (χ3n) is 2.33. The fourth-order valence-corrected chi connectivity index (χ4v) is 1.67. The number of benzene rings is 1. The van der Waals surface area contributed by atoms with E-state index in [0.29, 0.717) is 25.6 Å². The molecule has 0 radical (unpaired) electrons. The highest BCUT2D eigenvalue weighted by Gasteiger charge is 2.01. The summed E-state index contributed by atoms with van der Waals surface area (Å²) in [7, 11) is 0. The largest absolute Gasteiger partial charge is 0.378 e. The van der Waals surface area contributed by atoms with Crippen LogP contribution in [-0.2, 0) is 4.74 Å². The van der Waals surface area contributed by atoms with Crippen LogP contribution in [0.5, 0.6) is 0 Å². The number of rotatable bonds is 6. The summed E-state index contributed by atoms with van der Waals surface area (Å²) < 4.78 is 5.27. The van der Waals surface area contributed by atoms with Gasteiger partial charge < -0.3 is 10.1 Å². The molecule has 1 heterocycles. The lowest BCUT2D eigenvalue weighted by Crippen LogP contribution is -2.11. The van der Waals surface area contributed by atoms with Crippen molar-refractivity contribution in [2.45, 2.75) is 0 Å². The minimum absolute atomic E-state index is 0.522. The van der Waals surface area contributed by atoms with Crippen LogP contribution in [0, 0.1) is 0 Å². The highest BCUT2D eigenvalue weighted by molar-refractivity contribution is 6.17. The topological polar surface area (TPSA) is 47.0 Å². The van der Waals surface area contributed by atoms with Gasteiger partial charge in [0.15, 0.2) is 5.82 Å². The molecule has 0 saturated heterocycles. The Bertz CT molecular complexity index is 473. The molecule has 0 atom stereocenters. The first-order chi connectivity index (χ1) is 8.42. The van der Waals surface area contributed by atoms with E-state index in [1.807, 2.05) is 24.3 Å². The second kappa shape index (κ2) is 6.37. The minimum Gasteiger partial charge on any atom is -0.378 e. The number of nitrogens with zero attached hydrogens (tertiary/aromatic N) is 2. The molecule has 1 aromatic heterocycles. The molecule has 0 amide bonds. The van der Waals surface area contributed by atoms with Crippen LogP contribution >= 0.6 is 11.6 Å². The normalized spacial score (nSPS) is 10.6. The van der Waals surface area contributed by atoms with Crippen molar-refractivity contribution >= 4 is 28.2 Å². The molecule has 17 heavy (non-hydrogen) atoms. The van der Waals surface area contributed by atoms with Crippen molar-refractivity contribution in [1.82, 2.24) is 10.2 Å². The van der Waals surface area contributed by atoms with Gasteiger partial charge in [-0.2, -0.15) is 5.10 Å². The summed E-state index contributed by atoms with van der Waals surface area (Å²) in [5.41, 5.74) is 0. The first-order valence-electron chi connectivity index (χ1n) is 5.50. The van der Waals surface area contributed by atoms with Gasteiger partial charge in [0.2, 0.25) is 0 Å². The third kappa shape index (κ3) is 3.28. The van der Waals surface area contributed by atoms with E-state index in [2.05, 4.69) is 15.5 Å². The highest BCUT2D eigenvalue weighted by Crippen LogP contribution is 2.18. The van der Waals surface area contributed by atoms with Gasteiger partial charge in [-0.05, 0) is 0 Å². The molecular formula is C12H14ClN3O. The monoisotopic (exact) mass is 251 g/mol. The molecule has 2 rings (SSSR count). The molecule has 0 aliphatic carbocycles. The number of halogens is 1. The Hall–Kier alpha value is -1.39. The SMILES string of the molecule is ClCCOCCNc1nncc2ccccc12. The maximum absolute atomic E-state index is 5.51. The Morgan fingerprint density at radius 1 is 1.24 bits per heavy atom. The van der Waals surface area contributed by atoms with Crippen LogP contribution in [0.1, 0.15) is 0 Å². The molecule has 0 aliphatic rings. The number of hydrogen-bond acceptors (Lipinski definition) is 4. The molecule has 0 fully saturated rings. The van der Waals surface area contributed by atoms with Crippen molar-refractivity contribution in [1.29, 1.82) is 0 Å². The van der Waals surface area contributed by atoms with E-state index < -0.39 is 0 Å². The van der Waals surface area contributed by atoms with E-state index in [-0.39, 0.29) is 0 Å². The number of ether oxygens (including phenoxy) is 1. The molecule has 0 unspecified atom stereocenters. The Morgan fingerprint density at radius 2 is 2.12 bits per heavy atom. The molecule has 2 aromatic rings. The number of anilines is 1. The lowest BCUT2D eigenvalue weighted by atomic mass is 10.2. The molecule has 1 N–H and O–H groups in total. The highest BCUT2D eigenvalue weighted by atomic mass is 35.5. The standard InChI is InChI=1S/C12H14ClN3O/c13-5-7-17-8-6-14-12-11-4-2-1-3-10(11)9-15-16-12/h1-4,9H,5-8H2,(H,14,16). The van der Waals surface area contributed by atoms with E-state index >= 15 is 0 Å². The first-order valence-corrected chi connectivity index (χ1v) is 6.03. The van der Waals surface area contributed by atoms with Gasteiger partial charge in [0.1, 0.15) is 0 Å². The second-order valence-electron chi connectivity index (χ2n) is 3.51. The zero-order valence-electron chi connectivity index (χ0n) is 9.40. The first kappa shape index (κ1) is 12.1. The summed E-state index contributed by atoms with van der Waals surface area (Å²) in [6.45, 7) is 1.88. The summed E-state index contributed by atoms with van der Waals surface area (Å²) >= 11 is 5.51. The Morgan fingerprint density at radius 3 is 3.00 bits per heavy atom. The Kier molecular flexibility index (Phi) is 4.53. The van der Waals surface area contributed by atoms with Crippen LogP contribution in [0.25, 0.3) is 10.8 Å². The van der Waals surface area contributed by atoms with Gasteiger partial charge in [-0.1, -0.05) is 24.3 Å². The van der Waals surface area contributed by atoms with Crippen LogP contribution in [0.3, 0.4) is 0 Å². The van der Waals surface area contributed by atoms with Crippen molar-refractivity contribution in [3.05, 3.63) is 30.5 Å². The van der Waals surface area contributed by atoms with Crippen LogP contribution in [0.4, 0.5) is 5.82 Å². The van der Waals surface area contributed by atoms with Gasteiger partial charge >= 0.3 is 0 Å². The fourth-order valence-electron chi connectivity index (χ4n) is 1.56. The summed E-state index contributed by atoms with van der Waals surface area (Å²) in [6.07, 6.45) is 1.75. The van der Waals surface area contributed by atoms with Crippen LogP contribution in [0.2, 0.25) is 0 Å². The smallest absolute Gasteiger partial charge is 0.156 e. The van der Waals surface area contributed by atoms with Gasteiger partial charge in [0.25, 0.3) is 0 Å². The van der Waals surface area contributed by atoms with Crippen LogP contribution in [-0.4, -0.2) is 35.8 Å². The Balaban J connectivity index is 1.98. The molecule has 5 heteroatoms. The predicted molar refractivity (Wildman–Crippen MR) is 69.6 cm³/mol. The van der Waals surface area contributed by atoms with Gasteiger partial charge in [0.05, 0.1) is 19.4 Å². The number of fused-ring (bicyclic) bond motifs is 1. The molecule has 0 spiro atoms. The number of alkyl halides is 1. The summed E-state index contributed by atoms with van der Waals surface area (Å²) in [5.74, 6) is 1.31. The van der Waals surface area contributed by atoms with E-state index in [9.17, 15) is 0 Å². The summed E-state index contributed by atoms with van der Waals surface area (Å²) in [6, 6.07) is 8.00. The maximum atomic E-state index is 5.51. The molecule has 1 aromatic carbocycles. The third-order valence-corrected chi connectivity index (χ3v) is 2.49. The van der Waals surface area contributed by atoms with Crippen LogP contribution in [0.15, 0.2) is 30.5 Å². The summed E-state index contributed by atoms with van der Waals surface area (Å²) in [4.78, 5) is 0. The predicted octanol–water partition coefficient (Wildman–Crippen LogP) is 2.30. The molecular weight excluding hydrogens is 238 g/mol. The summed E-state index contributed by atoms with van der Waals surface area (Å²) in [5, 5.41) is 13.4. The van der Waals surface area contributed by atoms with Gasteiger partial charge in [0, 0.05) is 23.2 Å². The molecule has 0 bridgehead atoms. The van der Waals surface area contributed by atoms with Crippen LogP contribution < -0.4 is 5.32 Å². The molecule has 90 valence electrons. The van der Waals surface area contributed by atoms with E-state index in [0.717, 1.165) is 16.6 Å². The molecule has 4 nitrogen and oxygen atoms in total. The number of hydrogen-bond donors (Lipinski definition) is 1. The Labute approximate surface area is 105 Å². The molecule has 0 saturated carbocycles. The zero-order chi connectivity index (χ0) is 11.9. The van der Waals surface area contributed by atoms with Gasteiger partial charge in [-0.25, -0.2) is 0 Å². The fraction of sp³-hybridized carbons (Fsp3) is 0.333. The average Bonchev–Trinajstić information content (AvgIpc) is 2.39. The van der Waals surface area contributed by atoms with Crippen molar-refractivity contribution < 1.29 is 4.74 Å². The van der Waals surface area contributed by atoms with Crippen molar-refractivity contribution in [2.24, 2.45) is 0 Å². The average molecular weight is 252 g/mol. The lowest BCUT2D eigenvalue weighted by Gasteiger charge is -2.07. The van der Waals surface area contributed by atoms with Crippen molar-refractivity contribution in [3.63, 3.8) is 0 Å². The maximum Gasteiger partial charge on any atom is 0.156 e. The van der Waals surface area contributed by atoms with Gasteiger partial charge in [-0.15, -0.1) is 16.7 Å². The quantitative estimate of drug-likeness (QED) is 0.632. The lowest BCUT2D eigenvalue weighted by molar-refractivity contribution is 0.160. The van der Waals surface area contributed by atoms with Gasteiger partial charge in [-0.3, -0.25) is 0 Å². The van der Waals surface area contributed by atoms with E-state index in [4.69, 9.17) is 16.3 Å². The number of aromatic nitrogens is 2. The second-order valence-corrected chi connectivity index (χ2v) is 3.89. The minimum atomic E-state index is 0.522. The van der Waals surface area contributed by atoms with E-state index in [1.54, 1.807) is 6.20 Å². The molecule has 0 aliphatic heterocycles.